The van der Waals surface area contributed by atoms with E-state index >= 15 is 0 Å². The first kappa shape index (κ1) is 6.72. The summed E-state index contributed by atoms with van der Waals surface area (Å²) in [6, 6.07) is 0. The van der Waals surface area contributed by atoms with Crippen LogP contribution in [-0.2, 0) is 18.1 Å². The van der Waals surface area contributed by atoms with Gasteiger partial charge in [-0.25, -0.2) is 18.1 Å². The minimum Gasteiger partial charge on any atom is -0.339 e. The van der Waals surface area contributed by atoms with E-state index < -0.39 is 19.6 Å². The van der Waals surface area contributed by atoms with Crippen molar-refractivity contribution in [2.24, 2.45) is 0 Å². The maximum atomic E-state index is 10.7. The van der Waals surface area contributed by atoms with Gasteiger partial charge in [-0.2, -0.15) is 0 Å². The maximum absolute atomic E-state index is 10.7. The maximum Gasteiger partial charge on any atom is 0.485 e. The van der Waals surface area contributed by atoms with Gasteiger partial charge in [0, 0.05) is 0 Å². The average Bonchev–Trinajstić information content (AvgIpc) is 1.79. The Hall–Kier alpha value is 0.0300. The SMILES string of the molecule is CC12OP(=O)(OC1(O)O)O2. The molecule has 7 heteroatoms. The van der Waals surface area contributed by atoms with Gasteiger partial charge in [-0.15, -0.1) is 0 Å². The normalized spacial score (nSPS) is 56.3. The molecule has 0 spiro atoms. The Balaban J connectivity index is 2.41. The van der Waals surface area contributed by atoms with Crippen LogP contribution in [0.4, 0.5) is 0 Å². The van der Waals surface area contributed by atoms with Crippen molar-refractivity contribution >= 4 is 7.82 Å². The summed E-state index contributed by atoms with van der Waals surface area (Å²) in [6.07, 6.45) is 0. The van der Waals surface area contributed by atoms with E-state index in [2.05, 4.69) is 13.6 Å². The fraction of sp³-hybridized carbons (Fsp3) is 1.00. The van der Waals surface area contributed by atoms with E-state index in [1.807, 2.05) is 0 Å². The van der Waals surface area contributed by atoms with Gasteiger partial charge in [0.15, 0.2) is 0 Å². The summed E-state index contributed by atoms with van der Waals surface area (Å²) in [5.41, 5.74) is 0. The molecular weight excluding hydrogens is 163 g/mol. The molecule has 0 aromatic heterocycles. The first-order chi connectivity index (χ1) is 4.37. The molecule has 0 aromatic carbocycles. The van der Waals surface area contributed by atoms with Gasteiger partial charge in [0.05, 0.1) is 0 Å². The van der Waals surface area contributed by atoms with Gasteiger partial charge in [-0.3, -0.25) is 0 Å². The van der Waals surface area contributed by atoms with Crippen molar-refractivity contribution < 1.29 is 28.3 Å². The zero-order valence-corrected chi connectivity index (χ0v) is 5.87. The van der Waals surface area contributed by atoms with Crippen molar-refractivity contribution in [1.82, 2.24) is 0 Å². The van der Waals surface area contributed by atoms with E-state index in [0.717, 1.165) is 0 Å². The van der Waals surface area contributed by atoms with Gasteiger partial charge in [-0.1, -0.05) is 0 Å². The highest BCUT2D eigenvalue weighted by atomic mass is 31.2. The molecule has 3 aliphatic rings. The Kier molecular flexibility index (Phi) is 0.885. The van der Waals surface area contributed by atoms with Gasteiger partial charge < -0.3 is 10.2 Å². The van der Waals surface area contributed by atoms with E-state index in [4.69, 9.17) is 10.2 Å². The van der Waals surface area contributed by atoms with Crippen LogP contribution < -0.4 is 0 Å². The molecule has 0 radical (unpaired) electrons. The monoisotopic (exact) mass is 168 g/mol. The van der Waals surface area contributed by atoms with Crippen molar-refractivity contribution in [1.29, 1.82) is 0 Å². The summed E-state index contributed by atoms with van der Waals surface area (Å²) in [7, 11) is -3.59. The molecule has 0 saturated carbocycles. The summed E-state index contributed by atoms with van der Waals surface area (Å²) in [4.78, 5) is 0. The van der Waals surface area contributed by atoms with Crippen LogP contribution in [0.2, 0.25) is 0 Å². The molecular formula is C3H5O6P. The topological polar surface area (TPSA) is 85.2 Å². The van der Waals surface area contributed by atoms with Crippen LogP contribution in [0.1, 0.15) is 6.92 Å². The number of hydrogen-bond donors (Lipinski definition) is 2. The lowest BCUT2D eigenvalue weighted by Gasteiger charge is -2.32. The first-order valence-corrected chi connectivity index (χ1v) is 4.00. The molecule has 2 bridgehead atoms. The van der Waals surface area contributed by atoms with E-state index in [1.54, 1.807) is 0 Å². The Labute approximate surface area is 55.9 Å². The lowest BCUT2D eigenvalue weighted by atomic mass is 10.3. The third-order valence-corrected chi connectivity index (χ3v) is 3.02. The molecule has 58 valence electrons. The standard InChI is InChI=1S/C3H5O6P/c1-2-3(4,5)9-10(6,7-2)8-2/h4-5H,1H3. The Morgan fingerprint density at radius 2 is 1.80 bits per heavy atom. The molecule has 3 saturated heterocycles. The summed E-state index contributed by atoms with van der Waals surface area (Å²) in [6.45, 7) is 1.22. The highest BCUT2D eigenvalue weighted by Gasteiger charge is 2.77. The van der Waals surface area contributed by atoms with Crippen LogP contribution in [0.3, 0.4) is 0 Å². The number of fused-ring (bicyclic) bond motifs is 1. The van der Waals surface area contributed by atoms with Crippen molar-refractivity contribution in [2.75, 3.05) is 0 Å². The third-order valence-electron chi connectivity index (χ3n) is 1.40. The molecule has 3 rings (SSSR count). The number of rotatable bonds is 0. The van der Waals surface area contributed by atoms with Crippen LogP contribution in [0, 0.1) is 0 Å². The number of hydrogen-bond acceptors (Lipinski definition) is 6. The van der Waals surface area contributed by atoms with E-state index in [0.29, 0.717) is 0 Å². The predicted molar refractivity (Wildman–Crippen MR) is 26.4 cm³/mol. The van der Waals surface area contributed by atoms with Gasteiger partial charge in [0.2, 0.25) is 0 Å². The zero-order chi connectivity index (χ0) is 7.62. The quantitative estimate of drug-likeness (QED) is 0.375. The largest absolute Gasteiger partial charge is 0.485 e. The molecule has 0 amide bonds. The number of phosphoric ester groups is 1. The zero-order valence-electron chi connectivity index (χ0n) is 4.97. The molecule has 3 aliphatic heterocycles. The molecule has 0 atom stereocenters. The van der Waals surface area contributed by atoms with Gasteiger partial charge in [0.25, 0.3) is 5.79 Å². The van der Waals surface area contributed by atoms with E-state index in [1.165, 1.54) is 6.92 Å². The van der Waals surface area contributed by atoms with Crippen LogP contribution in [0.15, 0.2) is 0 Å². The second-order valence-corrected chi connectivity index (χ2v) is 3.72. The minimum absolute atomic E-state index is 1.22. The van der Waals surface area contributed by atoms with Crippen molar-refractivity contribution in [3.05, 3.63) is 0 Å². The molecule has 3 heterocycles. The van der Waals surface area contributed by atoms with Crippen molar-refractivity contribution in [3.8, 4) is 0 Å². The van der Waals surface area contributed by atoms with Gasteiger partial charge in [0.1, 0.15) is 0 Å². The Bertz CT molecular complexity index is 220. The van der Waals surface area contributed by atoms with Crippen LogP contribution in [0.25, 0.3) is 0 Å². The fourth-order valence-corrected chi connectivity index (χ4v) is 2.49. The molecule has 0 unspecified atom stereocenters. The van der Waals surface area contributed by atoms with Crippen LogP contribution in [-0.4, -0.2) is 22.0 Å². The van der Waals surface area contributed by atoms with Crippen molar-refractivity contribution in [2.45, 2.75) is 18.7 Å². The third kappa shape index (κ3) is 0.543. The van der Waals surface area contributed by atoms with E-state index in [-0.39, 0.29) is 0 Å². The highest BCUT2D eigenvalue weighted by molar-refractivity contribution is 7.50. The second-order valence-electron chi connectivity index (χ2n) is 2.28. The lowest BCUT2D eigenvalue weighted by Crippen LogP contribution is -2.51. The van der Waals surface area contributed by atoms with E-state index in [9.17, 15) is 4.57 Å². The molecule has 6 nitrogen and oxygen atoms in total. The smallest absolute Gasteiger partial charge is 0.339 e. The van der Waals surface area contributed by atoms with Crippen LogP contribution in [0.5, 0.6) is 0 Å². The summed E-state index contributed by atoms with van der Waals surface area (Å²) in [5, 5.41) is 17.7. The van der Waals surface area contributed by atoms with Crippen LogP contribution >= 0.6 is 7.82 Å². The molecule has 10 heavy (non-hydrogen) atoms. The fourth-order valence-electron chi connectivity index (χ4n) is 0.829. The molecule has 0 aliphatic carbocycles. The minimum atomic E-state index is -3.59. The predicted octanol–water partition coefficient (Wildman–Crippen LogP) is -0.474. The lowest BCUT2D eigenvalue weighted by molar-refractivity contribution is -0.372. The Morgan fingerprint density at radius 1 is 1.30 bits per heavy atom. The Morgan fingerprint density at radius 3 is 1.90 bits per heavy atom. The van der Waals surface area contributed by atoms with Gasteiger partial charge in [-0.05, 0) is 6.92 Å². The molecule has 0 aromatic rings. The number of aliphatic hydroxyl groups is 2. The number of phosphoric acid groups is 1. The first-order valence-electron chi connectivity index (χ1n) is 2.54. The molecule has 2 N–H and O–H groups in total. The summed E-state index contributed by atoms with van der Waals surface area (Å²) in [5.74, 6) is -4.26. The van der Waals surface area contributed by atoms with Gasteiger partial charge >= 0.3 is 13.8 Å². The molecule has 3 fully saturated rings. The second kappa shape index (κ2) is 1.32. The highest BCUT2D eigenvalue weighted by Crippen LogP contribution is 2.76. The average molecular weight is 168 g/mol. The summed E-state index contributed by atoms with van der Waals surface area (Å²) < 4.78 is 23.8. The summed E-state index contributed by atoms with van der Waals surface area (Å²) >= 11 is 0. The van der Waals surface area contributed by atoms with Crippen molar-refractivity contribution in [3.63, 3.8) is 0 Å².